The predicted octanol–water partition coefficient (Wildman–Crippen LogP) is 4.36. The van der Waals surface area contributed by atoms with Crippen LogP contribution in [0.25, 0.3) is 0 Å². The normalized spacial score (nSPS) is 12.0. The number of rotatable bonds is 10. The number of benzene rings is 1. The van der Waals surface area contributed by atoms with E-state index in [1.165, 1.54) is 0 Å². The molecule has 28 heavy (non-hydrogen) atoms. The van der Waals surface area contributed by atoms with Crippen LogP contribution in [0.3, 0.4) is 0 Å². The highest BCUT2D eigenvalue weighted by Crippen LogP contribution is 2.29. The number of nitrogens with one attached hydrogen (secondary N) is 1. The van der Waals surface area contributed by atoms with Crippen LogP contribution in [0.15, 0.2) is 30.5 Å². The SMILES string of the molecule is CCc1cc(C(C)N(C=O)Cc2c(C)ccnc2NC)ccc1OCC(F)F. The van der Waals surface area contributed by atoms with Gasteiger partial charge >= 0.3 is 0 Å². The Balaban J connectivity index is 2.25. The summed E-state index contributed by atoms with van der Waals surface area (Å²) in [7, 11) is 1.80. The van der Waals surface area contributed by atoms with Crippen LogP contribution in [0, 0.1) is 6.92 Å². The van der Waals surface area contributed by atoms with Gasteiger partial charge in [0.15, 0.2) is 0 Å². The second-order valence-corrected chi connectivity index (χ2v) is 6.58. The number of alkyl halides is 2. The van der Waals surface area contributed by atoms with Crippen molar-refractivity contribution in [2.45, 2.75) is 46.2 Å². The maximum absolute atomic E-state index is 12.4. The lowest BCUT2D eigenvalue weighted by atomic mass is 10.0. The summed E-state index contributed by atoms with van der Waals surface area (Å²) in [6.07, 6.45) is 0.679. The summed E-state index contributed by atoms with van der Waals surface area (Å²) in [5.41, 5.74) is 3.75. The monoisotopic (exact) mass is 391 g/mol. The van der Waals surface area contributed by atoms with Crippen LogP contribution in [0.2, 0.25) is 0 Å². The van der Waals surface area contributed by atoms with E-state index in [1.807, 2.05) is 39.0 Å². The van der Waals surface area contributed by atoms with Crippen molar-refractivity contribution in [1.82, 2.24) is 9.88 Å². The Morgan fingerprint density at radius 1 is 1.32 bits per heavy atom. The third kappa shape index (κ3) is 5.18. The molecule has 1 N–H and O–H groups in total. The van der Waals surface area contributed by atoms with Gasteiger partial charge in [-0.05, 0) is 49.1 Å². The zero-order valence-corrected chi connectivity index (χ0v) is 16.7. The van der Waals surface area contributed by atoms with Crippen LogP contribution in [-0.4, -0.2) is 36.4 Å². The molecule has 0 radical (unpaired) electrons. The van der Waals surface area contributed by atoms with Crippen LogP contribution >= 0.6 is 0 Å². The van der Waals surface area contributed by atoms with Crippen molar-refractivity contribution in [3.63, 3.8) is 0 Å². The third-order valence-corrected chi connectivity index (χ3v) is 4.81. The molecule has 0 aliphatic carbocycles. The zero-order valence-electron chi connectivity index (χ0n) is 16.7. The third-order valence-electron chi connectivity index (χ3n) is 4.81. The standard InChI is InChI=1S/C21H27F2N3O2/c1-5-16-10-17(6-7-19(16)28-12-20(22)23)15(3)26(13-27)11-18-14(2)8-9-25-21(18)24-4/h6-10,13,15,20H,5,11-12H2,1-4H3,(H,24,25). The molecular weight excluding hydrogens is 364 g/mol. The fourth-order valence-corrected chi connectivity index (χ4v) is 3.07. The van der Waals surface area contributed by atoms with Gasteiger partial charge in [-0.3, -0.25) is 4.79 Å². The van der Waals surface area contributed by atoms with Crippen LogP contribution in [-0.2, 0) is 17.8 Å². The Morgan fingerprint density at radius 3 is 2.68 bits per heavy atom. The van der Waals surface area contributed by atoms with Crippen molar-refractivity contribution in [3.8, 4) is 5.75 Å². The van der Waals surface area contributed by atoms with Crippen molar-refractivity contribution in [2.24, 2.45) is 0 Å². The summed E-state index contributed by atoms with van der Waals surface area (Å²) in [5.74, 6) is 1.20. The van der Waals surface area contributed by atoms with E-state index in [4.69, 9.17) is 4.74 Å². The molecule has 1 atom stereocenters. The van der Waals surface area contributed by atoms with Gasteiger partial charge in [0.1, 0.15) is 18.2 Å². The maximum atomic E-state index is 12.4. The number of nitrogens with zero attached hydrogens (tertiary/aromatic N) is 2. The van der Waals surface area contributed by atoms with Crippen molar-refractivity contribution in [2.75, 3.05) is 19.0 Å². The second kappa shape index (κ2) is 10.0. The van der Waals surface area contributed by atoms with E-state index < -0.39 is 13.0 Å². The Hall–Kier alpha value is -2.70. The molecule has 0 aliphatic heterocycles. The summed E-state index contributed by atoms with van der Waals surface area (Å²) in [6.45, 7) is 5.64. The highest BCUT2D eigenvalue weighted by molar-refractivity contribution is 5.53. The summed E-state index contributed by atoms with van der Waals surface area (Å²) < 4.78 is 30.1. The first kappa shape index (κ1) is 21.6. The van der Waals surface area contributed by atoms with Crippen LogP contribution in [0.1, 0.15) is 42.1 Å². The van der Waals surface area contributed by atoms with Crippen molar-refractivity contribution < 1.29 is 18.3 Å². The fourth-order valence-electron chi connectivity index (χ4n) is 3.07. The minimum atomic E-state index is -2.52. The van der Waals surface area contributed by atoms with Crippen molar-refractivity contribution >= 4 is 12.2 Å². The largest absolute Gasteiger partial charge is 0.487 e. The predicted molar refractivity (Wildman–Crippen MR) is 106 cm³/mol. The number of amides is 1. The number of anilines is 1. The first-order chi connectivity index (χ1) is 13.4. The summed E-state index contributed by atoms with van der Waals surface area (Å²) >= 11 is 0. The lowest BCUT2D eigenvalue weighted by Gasteiger charge is -2.27. The molecule has 0 saturated carbocycles. The van der Waals surface area contributed by atoms with E-state index in [9.17, 15) is 13.6 Å². The summed E-state index contributed by atoms with van der Waals surface area (Å²) in [5, 5.41) is 3.06. The van der Waals surface area contributed by atoms with Crippen LogP contribution in [0.5, 0.6) is 5.75 Å². The highest BCUT2D eigenvalue weighted by atomic mass is 19.3. The van der Waals surface area contributed by atoms with Crippen LogP contribution in [0.4, 0.5) is 14.6 Å². The molecule has 1 unspecified atom stereocenters. The van der Waals surface area contributed by atoms with E-state index >= 15 is 0 Å². The molecule has 2 rings (SSSR count). The molecule has 1 heterocycles. The van der Waals surface area contributed by atoms with Gasteiger partial charge in [0.2, 0.25) is 6.41 Å². The minimum Gasteiger partial charge on any atom is -0.487 e. The van der Waals surface area contributed by atoms with E-state index in [2.05, 4.69) is 10.3 Å². The number of hydrogen-bond acceptors (Lipinski definition) is 4. The number of pyridine rings is 1. The van der Waals surface area contributed by atoms with Gasteiger partial charge < -0.3 is 15.0 Å². The van der Waals surface area contributed by atoms with Gasteiger partial charge in [-0.25, -0.2) is 13.8 Å². The number of carbonyl (C=O) groups is 1. The molecule has 152 valence electrons. The number of ether oxygens (including phenoxy) is 1. The average Bonchev–Trinajstić information content (AvgIpc) is 2.70. The topological polar surface area (TPSA) is 54.5 Å². The van der Waals surface area contributed by atoms with Gasteiger partial charge in [-0.2, -0.15) is 0 Å². The van der Waals surface area contributed by atoms with Gasteiger partial charge in [0.25, 0.3) is 6.43 Å². The molecule has 0 aliphatic rings. The number of carbonyl (C=O) groups excluding carboxylic acids is 1. The number of aryl methyl sites for hydroxylation is 2. The van der Waals surface area contributed by atoms with Crippen LogP contribution < -0.4 is 10.1 Å². The Bertz CT molecular complexity index is 799. The molecule has 1 aromatic carbocycles. The molecule has 0 fully saturated rings. The van der Waals surface area contributed by atoms with E-state index in [-0.39, 0.29) is 6.04 Å². The second-order valence-electron chi connectivity index (χ2n) is 6.58. The Labute approximate surface area is 164 Å². The molecule has 0 bridgehead atoms. The van der Waals surface area contributed by atoms with Gasteiger partial charge in [-0.1, -0.05) is 19.1 Å². The minimum absolute atomic E-state index is 0.198. The summed E-state index contributed by atoms with van der Waals surface area (Å²) in [6, 6.07) is 7.14. The molecule has 0 spiro atoms. The van der Waals surface area contributed by atoms with Gasteiger partial charge in [0.05, 0.1) is 6.04 Å². The first-order valence-corrected chi connectivity index (χ1v) is 9.28. The molecule has 2 aromatic rings. The lowest BCUT2D eigenvalue weighted by molar-refractivity contribution is -0.120. The quantitative estimate of drug-likeness (QED) is 0.612. The molecule has 1 amide bonds. The molecule has 7 heteroatoms. The first-order valence-electron chi connectivity index (χ1n) is 9.28. The number of halogens is 2. The highest BCUT2D eigenvalue weighted by Gasteiger charge is 2.19. The molecule has 1 aromatic heterocycles. The Kier molecular flexibility index (Phi) is 7.72. The number of aromatic nitrogens is 1. The average molecular weight is 391 g/mol. The zero-order chi connectivity index (χ0) is 20.7. The van der Waals surface area contributed by atoms with Gasteiger partial charge in [-0.15, -0.1) is 0 Å². The molecule has 5 nitrogen and oxygen atoms in total. The van der Waals surface area contributed by atoms with E-state index in [1.54, 1.807) is 24.2 Å². The maximum Gasteiger partial charge on any atom is 0.272 e. The molecular formula is C21H27F2N3O2. The van der Waals surface area contributed by atoms with Crippen molar-refractivity contribution in [3.05, 3.63) is 52.7 Å². The van der Waals surface area contributed by atoms with E-state index in [0.717, 1.165) is 34.5 Å². The van der Waals surface area contributed by atoms with Crippen molar-refractivity contribution in [1.29, 1.82) is 0 Å². The smallest absolute Gasteiger partial charge is 0.272 e. The lowest BCUT2D eigenvalue weighted by Crippen LogP contribution is -2.26. The van der Waals surface area contributed by atoms with Gasteiger partial charge in [0, 0.05) is 25.4 Å². The Morgan fingerprint density at radius 2 is 2.07 bits per heavy atom. The fraction of sp³-hybridized carbons (Fsp3) is 0.429. The molecule has 0 saturated heterocycles. The summed E-state index contributed by atoms with van der Waals surface area (Å²) in [4.78, 5) is 17.8. The number of hydrogen-bond donors (Lipinski definition) is 1. The van der Waals surface area contributed by atoms with E-state index in [0.29, 0.717) is 18.7 Å².